The zero-order chi connectivity index (χ0) is 14.1. The summed E-state index contributed by atoms with van der Waals surface area (Å²) in [5.74, 6) is 0.254. The van der Waals surface area contributed by atoms with Crippen molar-refractivity contribution < 1.29 is 14.3 Å². The van der Waals surface area contributed by atoms with Crippen LogP contribution in [0.1, 0.15) is 49.4 Å². The Bertz CT molecular complexity index is 404. The van der Waals surface area contributed by atoms with E-state index in [1.807, 2.05) is 0 Å². The van der Waals surface area contributed by atoms with Crippen LogP contribution in [-0.2, 0) is 4.74 Å². The normalized spacial score (nSPS) is 10.3. The number of hydrogen-bond acceptors (Lipinski definition) is 3. The molecule has 0 bridgehead atoms. The van der Waals surface area contributed by atoms with Crippen LogP contribution >= 0.6 is 11.6 Å². The molecule has 0 aromatic heterocycles. The first-order chi connectivity index (χ1) is 9.19. The molecule has 0 atom stereocenters. The maximum Gasteiger partial charge on any atom is 0.339 e. The Labute approximate surface area is 119 Å². The molecule has 0 aliphatic heterocycles. The molecule has 106 valence electrons. The lowest BCUT2D eigenvalue weighted by atomic mass is 10.2. The Kier molecular flexibility index (Phi) is 7.34. The molecule has 0 heterocycles. The maximum absolute atomic E-state index is 11.4. The van der Waals surface area contributed by atoms with Crippen molar-refractivity contribution in [1.82, 2.24) is 0 Å². The molecule has 0 N–H and O–H groups in total. The van der Waals surface area contributed by atoms with Crippen LogP contribution < -0.4 is 4.74 Å². The SMILES string of the molecule is CCCCCCCOc1ccc(C(=O)OC)c(Cl)c1. The molecule has 1 aromatic carbocycles. The van der Waals surface area contributed by atoms with Crippen LogP contribution in [0.15, 0.2) is 18.2 Å². The third-order valence-corrected chi connectivity index (χ3v) is 3.18. The molecule has 3 nitrogen and oxygen atoms in total. The Morgan fingerprint density at radius 2 is 1.95 bits per heavy atom. The Morgan fingerprint density at radius 1 is 1.21 bits per heavy atom. The van der Waals surface area contributed by atoms with Crippen LogP contribution in [0, 0.1) is 0 Å². The van der Waals surface area contributed by atoms with E-state index in [1.54, 1.807) is 18.2 Å². The van der Waals surface area contributed by atoms with E-state index in [-0.39, 0.29) is 0 Å². The molecular weight excluding hydrogens is 264 g/mol. The largest absolute Gasteiger partial charge is 0.494 e. The molecule has 0 fully saturated rings. The number of halogens is 1. The van der Waals surface area contributed by atoms with Gasteiger partial charge in [0.15, 0.2) is 0 Å². The smallest absolute Gasteiger partial charge is 0.339 e. The molecule has 0 unspecified atom stereocenters. The second kappa shape index (κ2) is 8.81. The lowest BCUT2D eigenvalue weighted by molar-refractivity contribution is 0.0601. The number of rotatable bonds is 8. The summed E-state index contributed by atoms with van der Waals surface area (Å²) in [6.45, 7) is 2.87. The summed E-state index contributed by atoms with van der Waals surface area (Å²) in [6, 6.07) is 5.02. The van der Waals surface area contributed by atoms with Crippen LogP contribution in [0.3, 0.4) is 0 Å². The van der Waals surface area contributed by atoms with Crippen LogP contribution in [0.4, 0.5) is 0 Å². The van der Waals surface area contributed by atoms with Gasteiger partial charge in [0.1, 0.15) is 5.75 Å². The Morgan fingerprint density at radius 3 is 2.58 bits per heavy atom. The molecule has 4 heteroatoms. The molecule has 1 aromatic rings. The average molecular weight is 285 g/mol. The summed E-state index contributed by atoms with van der Waals surface area (Å²) >= 11 is 6.00. The van der Waals surface area contributed by atoms with Gasteiger partial charge in [-0.1, -0.05) is 44.2 Å². The predicted molar refractivity (Wildman–Crippen MR) is 77.0 cm³/mol. The summed E-state index contributed by atoms with van der Waals surface area (Å²) in [5.41, 5.74) is 0.361. The molecule has 0 spiro atoms. The van der Waals surface area contributed by atoms with Gasteiger partial charge in [0.05, 0.1) is 24.3 Å². The first-order valence-electron chi connectivity index (χ1n) is 6.69. The van der Waals surface area contributed by atoms with Crippen molar-refractivity contribution in [1.29, 1.82) is 0 Å². The quantitative estimate of drug-likeness (QED) is 0.522. The van der Waals surface area contributed by atoms with Crippen molar-refractivity contribution in [2.75, 3.05) is 13.7 Å². The fraction of sp³-hybridized carbons (Fsp3) is 0.533. The highest BCUT2D eigenvalue weighted by atomic mass is 35.5. The first kappa shape index (κ1) is 15.8. The standard InChI is InChI=1S/C15H21ClO3/c1-3-4-5-6-7-10-19-12-8-9-13(14(16)11-12)15(17)18-2/h8-9,11H,3-7,10H2,1-2H3. The summed E-state index contributed by atoms with van der Waals surface area (Å²) in [4.78, 5) is 11.4. The lowest BCUT2D eigenvalue weighted by Gasteiger charge is -2.08. The van der Waals surface area contributed by atoms with Gasteiger partial charge >= 0.3 is 5.97 Å². The third-order valence-electron chi connectivity index (χ3n) is 2.86. The van der Waals surface area contributed by atoms with Gasteiger partial charge in [-0.15, -0.1) is 0 Å². The molecule has 19 heavy (non-hydrogen) atoms. The lowest BCUT2D eigenvalue weighted by Crippen LogP contribution is -2.03. The van der Waals surface area contributed by atoms with Crippen LogP contribution in [0.2, 0.25) is 5.02 Å². The van der Waals surface area contributed by atoms with E-state index >= 15 is 0 Å². The highest BCUT2D eigenvalue weighted by Crippen LogP contribution is 2.23. The van der Waals surface area contributed by atoms with Crippen molar-refractivity contribution in [3.63, 3.8) is 0 Å². The summed E-state index contributed by atoms with van der Waals surface area (Å²) in [7, 11) is 1.33. The molecule has 0 saturated heterocycles. The van der Waals surface area contributed by atoms with E-state index in [0.717, 1.165) is 6.42 Å². The fourth-order valence-electron chi connectivity index (χ4n) is 1.76. The van der Waals surface area contributed by atoms with Gasteiger partial charge in [-0.05, 0) is 24.6 Å². The highest BCUT2D eigenvalue weighted by Gasteiger charge is 2.11. The highest BCUT2D eigenvalue weighted by molar-refractivity contribution is 6.33. The van der Waals surface area contributed by atoms with Crippen LogP contribution in [-0.4, -0.2) is 19.7 Å². The molecular formula is C15H21ClO3. The van der Waals surface area contributed by atoms with Crippen molar-refractivity contribution in [2.45, 2.75) is 39.0 Å². The Hall–Kier alpha value is -1.22. The zero-order valence-corrected chi connectivity index (χ0v) is 12.3. The predicted octanol–water partition coefficient (Wildman–Crippen LogP) is 4.48. The van der Waals surface area contributed by atoms with Gasteiger partial charge < -0.3 is 9.47 Å². The number of benzene rings is 1. The monoisotopic (exact) mass is 284 g/mol. The summed E-state index contributed by atoms with van der Waals surface area (Å²) < 4.78 is 10.2. The minimum atomic E-state index is -0.434. The number of methoxy groups -OCH3 is 1. The van der Waals surface area contributed by atoms with Gasteiger partial charge in [-0.3, -0.25) is 0 Å². The molecule has 1 rings (SSSR count). The van der Waals surface area contributed by atoms with Crippen LogP contribution in [0.25, 0.3) is 0 Å². The number of unbranched alkanes of at least 4 members (excludes halogenated alkanes) is 4. The van der Waals surface area contributed by atoms with E-state index in [0.29, 0.717) is 22.9 Å². The minimum Gasteiger partial charge on any atom is -0.494 e. The van der Waals surface area contributed by atoms with Gasteiger partial charge in [0.2, 0.25) is 0 Å². The van der Waals surface area contributed by atoms with E-state index in [4.69, 9.17) is 16.3 Å². The molecule has 0 aliphatic carbocycles. The molecule has 0 saturated carbocycles. The topological polar surface area (TPSA) is 35.5 Å². The second-order valence-corrected chi connectivity index (χ2v) is 4.80. The van der Waals surface area contributed by atoms with Gasteiger partial charge in [0.25, 0.3) is 0 Å². The maximum atomic E-state index is 11.4. The summed E-state index contributed by atoms with van der Waals surface area (Å²) in [6.07, 6.45) is 5.99. The van der Waals surface area contributed by atoms with Gasteiger partial charge in [-0.25, -0.2) is 4.79 Å². The number of esters is 1. The number of ether oxygens (including phenoxy) is 2. The van der Waals surface area contributed by atoms with Crippen molar-refractivity contribution in [2.24, 2.45) is 0 Å². The number of carbonyl (C=O) groups excluding carboxylic acids is 1. The molecule has 0 aliphatic rings. The zero-order valence-electron chi connectivity index (χ0n) is 11.6. The fourth-order valence-corrected chi connectivity index (χ4v) is 2.00. The molecule has 0 radical (unpaired) electrons. The van der Waals surface area contributed by atoms with Crippen LogP contribution in [0.5, 0.6) is 5.75 Å². The number of hydrogen-bond donors (Lipinski definition) is 0. The van der Waals surface area contributed by atoms with Gasteiger partial charge in [-0.2, -0.15) is 0 Å². The molecule has 0 amide bonds. The van der Waals surface area contributed by atoms with Crippen molar-refractivity contribution >= 4 is 17.6 Å². The Balaban J connectivity index is 2.39. The summed E-state index contributed by atoms with van der Waals surface area (Å²) in [5, 5.41) is 0.357. The van der Waals surface area contributed by atoms with E-state index in [2.05, 4.69) is 11.7 Å². The minimum absolute atomic E-state index is 0.357. The third kappa shape index (κ3) is 5.52. The first-order valence-corrected chi connectivity index (χ1v) is 7.07. The van der Waals surface area contributed by atoms with E-state index in [9.17, 15) is 4.79 Å². The van der Waals surface area contributed by atoms with Crippen molar-refractivity contribution in [3.8, 4) is 5.75 Å². The van der Waals surface area contributed by atoms with Crippen molar-refractivity contribution in [3.05, 3.63) is 28.8 Å². The number of carbonyl (C=O) groups is 1. The van der Waals surface area contributed by atoms with Gasteiger partial charge in [0, 0.05) is 0 Å². The van der Waals surface area contributed by atoms with E-state index < -0.39 is 5.97 Å². The second-order valence-electron chi connectivity index (χ2n) is 4.40. The van der Waals surface area contributed by atoms with E-state index in [1.165, 1.54) is 32.8 Å². The average Bonchev–Trinajstić information content (AvgIpc) is 2.42.